The molecule has 19 heavy (non-hydrogen) atoms. The Kier molecular flexibility index (Phi) is 8.12. The van der Waals surface area contributed by atoms with Gasteiger partial charge in [0.15, 0.2) is 0 Å². The van der Waals surface area contributed by atoms with Gasteiger partial charge in [0.2, 0.25) is 0 Å². The van der Waals surface area contributed by atoms with Crippen molar-refractivity contribution in [2.45, 2.75) is 65.9 Å². The molecule has 0 atom stereocenters. The van der Waals surface area contributed by atoms with E-state index in [0.29, 0.717) is 12.0 Å². The normalized spacial score (nSPS) is 12.2. The molecule has 110 valence electrons. The molecule has 0 aliphatic heterocycles. The van der Waals surface area contributed by atoms with Gasteiger partial charge in [-0.15, -0.1) is 0 Å². The lowest BCUT2D eigenvalue weighted by Crippen LogP contribution is -2.26. The van der Waals surface area contributed by atoms with Crippen LogP contribution < -0.4 is 0 Å². The van der Waals surface area contributed by atoms with Crippen LogP contribution in [0.3, 0.4) is 0 Å². The van der Waals surface area contributed by atoms with Gasteiger partial charge in [-0.3, -0.25) is 4.79 Å². The van der Waals surface area contributed by atoms with Crippen molar-refractivity contribution in [2.24, 2.45) is 0 Å². The van der Waals surface area contributed by atoms with Crippen LogP contribution >= 0.6 is 0 Å². The molecule has 0 aromatic heterocycles. The van der Waals surface area contributed by atoms with Gasteiger partial charge in [-0.05, 0) is 33.6 Å². The molecule has 0 aromatic rings. The summed E-state index contributed by atoms with van der Waals surface area (Å²) < 4.78 is 10.4. The fraction of sp³-hybridized carbons (Fsp3) is 0.733. The lowest BCUT2D eigenvalue weighted by molar-refractivity contribution is -0.151. The van der Waals surface area contributed by atoms with Crippen LogP contribution in [0.25, 0.3) is 0 Å². The summed E-state index contributed by atoms with van der Waals surface area (Å²) in [4.78, 5) is 23.3. The summed E-state index contributed by atoms with van der Waals surface area (Å²) in [6.45, 7) is 9.35. The minimum atomic E-state index is -0.546. The van der Waals surface area contributed by atoms with E-state index in [9.17, 15) is 9.59 Å². The lowest BCUT2D eigenvalue weighted by atomic mass is 10.1. The highest BCUT2D eigenvalue weighted by Gasteiger charge is 2.20. The third kappa shape index (κ3) is 9.28. The van der Waals surface area contributed by atoms with Gasteiger partial charge in [0.25, 0.3) is 0 Å². The Labute approximate surface area is 116 Å². The Bertz CT molecular complexity index is 324. The van der Waals surface area contributed by atoms with E-state index >= 15 is 0 Å². The molecule has 0 saturated carbocycles. The minimum Gasteiger partial charge on any atom is -0.461 e. The van der Waals surface area contributed by atoms with E-state index in [4.69, 9.17) is 9.47 Å². The summed E-state index contributed by atoms with van der Waals surface area (Å²) in [6.07, 6.45) is 4.58. The SMILES string of the molecule is CCCC=C(COC(=O)CCC)C(=O)OC(C)(C)C. The molecule has 0 saturated heterocycles. The fourth-order valence-corrected chi connectivity index (χ4v) is 1.30. The number of unbranched alkanes of at least 4 members (excludes halogenated alkanes) is 1. The molecule has 0 aliphatic rings. The molecule has 0 fully saturated rings. The molecule has 0 rings (SSSR count). The van der Waals surface area contributed by atoms with Crippen molar-refractivity contribution in [3.05, 3.63) is 11.6 Å². The van der Waals surface area contributed by atoms with E-state index in [1.54, 1.807) is 6.08 Å². The van der Waals surface area contributed by atoms with Crippen LogP contribution in [-0.2, 0) is 19.1 Å². The Hall–Kier alpha value is -1.32. The number of hydrogen-bond acceptors (Lipinski definition) is 4. The first-order valence-corrected chi connectivity index (χ1v) is 6.88. The highest BCUT2D eigenvalue weighted by atomic mass is 16.6. The van der Waals surface area contributed by atoms with Crippen molar-refractivity contribution < 1.29 is 19.1 Å². The highest BCUT2D eigenvalue weighted by molar-refractivity contribution is 5.89. The summed E-state index contributed by atoms with van der Waals surface area (Å²) in [5.41, 5.74) is -0.128. The molecule has 0 aromatic carbocycles. The average Bonchev–Trinajstić information content (AvgIpc) is 2.27. The van der Waals surface area contributed by atoms with Gasteiger partial charge in [0.1, 0.15) is 12.2 Å². The largest absolute Gasteiger partial charge is 0.461 e. The zero-order chi connectivity index (χ0) is 14.9. The standard InChI is InChI=1S/C15H26O4/c1-6-8-10-12(11-18-13(16)9-7-2)14(17)19-15(3,4)5/h10H,6-9,11H2,1-5H3. The van der Waals surface area contributed by atoms with E-state index in [2.05, 4.69) is 0 Å². The first kappa shape index (κ1) is 17.7. The highest BCUT2D eigenvalue weighted by Crippen LogP contribution is 2.12. The number of carbonyl (C=O) groups excluding carboxylic acids is 2. The Morgan fingerprint density at radius 1 is 1.11 bits per heavy atom. The second-order valence-electron chi connectivity index (χ2n) is 5.43. The summed E-state index contributed by atoms with van der Waals surface area (Å²) in [6, 6.07) is 0. The van der Waals surface area contributed by atoms with Gasteiger partial charge in [0.05, 0.1) is 5.57 Å². The van der Waals surface area contributed by atoms with Crippen molar-refractivity contribution in [2.75, 3.05) is 6.61 Å². The second-order valence-corrected chi connectivity index (χ2v) is 5.43. The van der Waals surface area contributed by atoms with Gasteiger partial charge < -0.3 is 9.47 Å². The van der Waals surface area contributed by atoms with E-state index in [0.717, 1.165) is 19.3 Å². The van der Waals surface area contributed by atoms with E-state index in [1.807, 2.05) is 34.6 Å². The molecular weight excluding hydrogens is 244 g/mol. The van der Waals surface area contributed by atoms with Crippen molar-refractivity contribution >= 4 is 11.9 Å². The Morgan fingerprint density at radius 3 is 2.21 bits per heavy atom. The van der Waals surface area contributed by atoms with Gasteiger partial charge in [0, 0.05) is 6.42 Å². The quantitative estimate of drug-likeness (QED) is 0.525. The first-order chi connectivity index (χ1) is 8.80. The van der Waals surface area contributed by atoms with Gasteiger partial charge in [-0.2, -0.15) is 0 Å². The third-order valence-corrected chi connectivity index (χ3v) is 2.18. The number of carbonyl (C=O) groups is 2. The summed E-state index contributed by atoms with van der Waals surface area (Å²) in [5.74, 6) is -0.696. The van der Waals surface area contributed by atoms with Crippen molar-refractivity contribution in [1.82, 2.24) is 0 Å². The molecule has 0 heterocycles. The average molecular weight is 270 g/mol. The van der Waals surface area contributed by atoms with Crippen LogP contribution in [0.15, 0.2) is 11.6 Å². The molecule has 4 nitrogen and oxygen atoms in total. The molecule has 0 bridgehead atoms. The van der Waals surface area contributed by atoms with Gasteiger partial charge in [-0.1, -0.05) is 26.3 Å². The number of esters is 2. The van der Waals surface area contributed by atoms with E-state index in [1.165, 1.54) is 0 Å². The summed E-state index contributed by atoms with van der Waals surface area (Å²) in [7, 11) is 0. The lowest BCUT2D eigenvalue weighted by Gasteiger charge is -2.20. The number of rotatable bonds is 7. The van der Waals surface area contributed by atoms with Crippen molar-refractivity contribution in [3.63, 3.8) is 0 Å². The minimum absolute atomic E-state index is 0.00620. The maximum atomic E-state index is 12.0. The van der Waals surface area contributed by atoms with Gasteiger partial charge in [-0.25, -0.2) is 4.79 Å². The van der Waals surface area contributed by atoms with Crippen LogP contribution in [0.2, 0.25) is 0 Å². The predicted molar refractivity (Wildman–Crippen MR) is 74.7 cm³/mol. The van der Waals surface area contributed by atoms with Crippen LogP contribution in [0.1, 0.15) is 60.3 Å². The van der Waals surface area contributed by atoms with Crippen molar-refractivity contribution in [3.8, 4) is 0 Å². The van der Waals surface area contributed by atoms with E-state index in [-0.39, 0.29) is 12.6 Å². The molecule has 0 N–H and O–H groups in total. The monoisotopic (exact) mass is 270 g/mol. The zero-order valence-electron chi connectivity index (χ0n) is 12.7. The number of hydrogen-bond donors (Lipinski definition) is 0. The predicted octanol–water partition coefficient (Wildman–Crippen LogP) is 3.40. The second kappa shape index (κ2) is 8.73. The maximum Gasteiger partial charge on any atom is 0.337 e. The molecule has 0 unspecified atom stereocenters. The molecule has 4 heteroatoms. The van der Waals surface area contributed by atoms with Crippen LogP contribution in [0.4, 0.5) is 0 Å². The van der Waals surface area contributed by atoms with Crippen molar-refractivity contribution in [1.29, 1.82) is 0 Å². The van der Waals surface area contributed by atoms with E-state index < -0.39 is 11.6 Å². The first-order valence-electron chi connectivity index (χ1n) is 6.88. The Morgan fingerprint density at radius 2 is 1.74 bits per heavy atom. The maximum absolute atomic E-state index is 12.0. The molecule has 0 radical (unpaired) electrons. The fourth-order valence-electron chi connectivity index (χ4n) is 1.30. The number of allylic oxidation sites excluding steroid dienone is 1. The topological polar surface area (TPSA) is 52.6 Å². The van der Waals surface area contributed by atoms with Crippen LogP contribution in [-0.4, -0.2) is 24.1 Å². The van der Waals surface area contributed by atoms with Gasteiger partial charge >= 0.3 is 11.9 Å². The molecule has 0 amide bonds. The smallest absolute Gasteiger partial charge is 0.337 e. The van der Waals surface area contributed by atoms with Crippen LogP contribution in [0, 0.1) is 0 Å². The molecular formula is C15H26O4. The molecule has 0 spiro atoms. The summed E-state index contributed by atoms with van der Waals surface area (Å²) in [5, 5.41) is 0. The third-order valence-electron chi connectivity index (χ3n) is 2.18. The van der Waals surface area contributed by atoms with Crippen LogP contribution in [0.5, 0.6) is 0 Å². The Balaban J connectivity index is 4.55. The summed E-state index contributed by atoms with van der Waals surface area (Å²) >= 11 is 0. The molecule has 0 aliphatic carbocycles. The number of ether oxygens (including phenoxy) is 2. The zero-order valence-corrected chi connectivity index (χ0v) is 12.7.